The van der Waals surface area contributed by atoms with E-state index in [1.165, 1.54) is 6.33 Å². The standard InChI is InChI=1S/C7H5N5O/c1-4-5(2-8)6(13)12-7(11-4)9-3-10-12/h3,13H,1H3. The summed E-state index contributed by atoms with van der Waals surface area (Å²) < 4.78 is 1.12. The molecule has 0 aliphatic rings. The number of aromatic hydroxyl groups is 1. The van der Waals surface area contributed by atoms with Gasteiger partial charge in [-0.3, -0.25) is 0 Å². The molecule has 0 bridgehead atoms. The fourth-order valence-electron chi connectivity index (χ4n) is 1.07. The first-order chi connectivity index (χ1) is 6.24. The molecule has 0 aliphatic heterocycles. The molecule has 1 N–H and O–H groups in total. The van der Waals surface area contributed by atoms with Gasteiger partial charge in [0.1, 0.15) is 18.0 Å². The summed E-state index contributed by atoms with van der Waals surface area (Å²) in [5, 5.41) is 21.9. The average molecular weight is 175 g/mol. The van der Waals surface area contributed by atoms with E-state index in [0.717, 1.165) is 4.52 Å². The van der Waals surface area contributed by atoms with Crippen LogP contribution in [0.4, 0.5) is 0 Å². The zero-order valence-electron chi connectivity index (χ0n) is 6.76. The lowest BCUT2D eigenvalue weighted by Gasteiger charge is -2.00. The topological polar surface area (TPSA) is 87.1 Å². The Kier molecular flexibility index (Phi) is 1.39. The van der Waals surface area contributed by atoms with E-state index >= 15 is 0 Å². The molecule has 0 saturated heterocycles. The van der Waals surface area contributed by atoms with Crippen LogP contribution in [0.25, 0.3) is 5.78 Å². The Balaban J connectivity index is 2.95. The normalized spacial score (nSPS) is 10.2. The van der Waals surface area contributed by atoms with Crippen LogP contribution in [-0.4, -0.2) is 24.7 Å². The molecule has 0 atom stereocenters. The zero-order chi connectivity index (χ0) is 9.42. The van der Waals surface area contributed by atoms with Crippen LogP contribution >= 0.6 is 0 Å². The van der Waals surface area contributed by atoms with E-state index < -0.39 is 0 Å². The summed E-state index contributed by atoms with van der Waals surface area (Å²) in [7, 11) is 0. The van der Waals surface area contributed by atoms with Gasteiger partial charge in [-0.15, -0.1) is 0 Å². The molecule has 6 heteroatoms. The Hall–Kier alpha value is -2.16. The van der Waals surface area contributed by atoms with Gasteiger partial charge in [-0.2, -0.15) is 19.9 Å². The van der Waals surface area contributed by atoms with Crippen LogP contribution in [0.15, 0.2) is 6.33 Å². The van der Waals surface area contributed by atoms with E-state index in [1.807, 2.05) is 6.07 Å². The summed E-state index contributed by atoms with van der Waals surface area (Å²) in [5.74, 6) is 0.0662. The van der Waals surface area contributed by atoms with Crippen molar-refractivity contribution in [1.29, 1.82) is 5.26 Å². The Morgan fingerprint density at radius 2 is 2.38 bits per heavy atom. The van der Waals surface area contributed by atoms with Gasteiger partial charge in [0.05, 0.1) is 5.69 Å². The van der Waals surface area contributed by atoms with Gasteiger partial charge in [-0.05, 0) is 6.92 Å². The summed E-state index contributed by atoms with van der Waals surface area (Å²) >= 11 is 0. The van der Waals surface area contributed by atoms with Crippen LogP contribution in [0.3, 0.4) is 0 Å². The lowest BCUT2D eigenvalue weighted by molar-refractivity contribution is 0.432. The van der Waals surface area contributed by atoms with Gasteiger partial charge in [0.25, 0.3) is 5.78 Å². The molecule has 0 aliphatic carbocycles. The average Bonchev–Trinajstić information content (AvgIpc) is 2.53. The fourth-order valence-corrected chi connectivity index (χ4v) is 1.07. The van der Waals surface area contributed by atoms with Crippen LogP contribution in [0.1, 0.15) is 11.3 Å². The van der Waals surface area contributed by atoms with Crippen molar-refractivity contribution in [3.8, 4) is 11.9 Å². The van der Waals surface area contributed by atoms with E-state index in [2.05, 4.69) is 15.1 Å². The predicted octanol–water partition coefficient (Wildman–Crippen LogP) is 0.01000. The van der Waals surface area contributed by atoms with Crippen molar-refractivity contribution in [1.82, 2.24) is 19.6 Å². The van der Waals surface area contributed by atoms with Gasteiger partial charge in [0.2, 0.25) is 5.88 Å². The van der Waals surface area contributed by atoms with E-state index in [0.29, 0.717) is 5.69 Å². The van der Waals surface area contributed by atoms with Crippen LogP contribution in [0, 0.1) is 18.3 Å². The number of hydrogen-bond acceptors (Lipinski definition) is 5. The van der Waals surface area contributed by atoms with Crippen molar-refractivity contribution in [2.24, 2.45) is 0 Å². The predicted molar refractivity (Wildman–Crippen MR) is 41.9 cm³/mol. The summed E-state index contributed by atoms with van der Waals surface area (Å²) in [6, 6.07) is 1.84. The quantitative estimate of drug-likeness (QED) is 0.609. The second-order valence-corrected chi connectivity index (χ2v) is 2.48. The van der Waals surface area contributed by atoms with Crippen molar-refractivity contribution in [3.63, 3.8) is 0 Å². The van der Waals surface area contributed by atoms with E-state index in [1.54, 1.807) is 6.92 Å². The lowest BCUT2D eigenvalue weighted by Crippen LogP contribution is -1.98. The van der Waals surface area contributed by atoms with Gasteiger partial charge >= 0.3 is 0 Å². The minimum absolute atomic E-state index is 0.123. The Bertz CT molecular complexity index is 509. The summed E-state index contributed by atoms with van der Waals surface area (Å²) in [6.45, 7) is 1.63. The molecule has 64 valence electrons. The number of nitrogens with zero attached hydrogens (tertiary/aromatic N) is 5. The number of aromatic nitrogens is 4. The van der Waals surface area contributed by atoms with Gasteiger partial charge in [0, 0.05) is 0 Å². The molecule has 2 aromatic heterocycles. The molecule has 6 nitrogen and oxygen atoms in total. The minimum atomic E-state index is -0.220. The molecule has 13 heavy (non-hydrogen) atoms. The first-order valence-electron chi connectivity index (χ1n) is 3.53. The van der Waals surface area contributed by atoms with Crippen LogP contribution < -0.4 is 0 Å². The van der Waals surface area contributed by atoms with Crippen molar-refractivity contribution in [2.75, 3.05) is 0 Å². The van der Waals surface area contributed by atoms with Gasteiger partial charge in [0.15, 0.2) is 0 Å². The molecule has 0 aromatic carbocycles. The molecule has 0 amide bonds. The van der Waals surface area contributed by atoms with E-state index in [9.17, 15) is 5.11 Å². The SMILES string of the molecule is Cc1nc2ncnn2c(O)c1C#N. The number of aryl methyl sites for hydroxylation is 1. The minimum Gasteiger partial charge on any atom is -0.492 e. The maximum absolute atomic E-state index is 9.52. The third-order valence-electron chi connectivity index (χ3n) is 1.70. The Labute approximate surface area is 73.1 Å². The summed E-state index contributed by atoms with van der Waals surface area (Å²) in [6.07, 6.45) is 1.27. The van der Waals surface area contributed by atoms with Crippen LogP contribution in [-0.2, 0) is 0 Å². The second kappa shape index (κ2) is 2.42. The van der Waals surface area contributed by atoms with Crippen LogP contribution in [0.2, 0.25) is 0 Å². The third kappa shape index (κ3) is 0.906. The second-order valence-electron chi connectivity index (χ2n) is 2.48. The highest BCUT2D eigenvalue weighted by Gasteiger charge is 2.11. The van der Waals surface area contributed by atoms with Crippen molar-refractivity contribution in [2.45, 2.75) is 6.92 Å². The highest BCUT2D eigenvalue weighted by Crippen LogP contribution is 2.17. The maximum atomic E-state index is 9.52. The van der Waals surface area contributed by atoms with Gasteiger partial charge in [-0.1, -0.05) is 0 Å². The lowest BCUT2D eigenvalue weighted by atomic mass is 10.2. The molecule has 0 spiro atoms. The van der Waals surface area contributed by atoms with Crippen molar-refractivity contribution < 1.29 is 5.11 Å². The molecule has 2 rings (SSSR count). The first-order valence-corrected chi connectivity index (χ1v) is 3.53. The molecular formula is C7H5N5O. The van der Waals surface area contributed by atoms with E-state index in [-0.39, 0.29) is 17.2 Å². The Morgan fingerprint density at radius 1 is 1.62 bits per heavy atom. The molecule has 2 aromatic rings. The largest absolute Gasteiger partial charge is 0.492 e. The summed E-state index contributed by atoms with van der Waals surface area (Å²) in [4.78, 5) is 7.76. The van der Waals surface area contributed by atoms with E-state index in [4.69, 9.17) is 5.26 Å². The number of rotatable bonds is 0. The number of fused-ring (bicyclic) bond motifs is 1. The number of nitriles is 1. The molecule has 0 fully saturated rings. The summed E-state index contributed by atoms with van der Waals surface area (Å²) in [5.41, 5.74) is 0.568. The maximum Gasteiger partial charge on any atom is 0.255 e. The third-order valence-corrected chi connectivity index (χ3v) is 1.70. The molecular weight excluding hydrogens is 170 g/mol. The molecule has 0 radical (unpaired) electrons. The molecule has 2 heterocycles. The molecule has 0 saturated carbocycles. The number of hydrogen-bond donors (Lipinski definition) is 1. The van der Waals surface area contributed by atoms with Crippen LogP contribution in [0.5, 0.6) is 5.88 Å². The monoisotopic (exact) mass is 175 g/mol. The van der Waals surface area contributed by atoms with Gasteiger partial charge < -0.3 is 5.11 Å². The van der Waals surface area contributed by atoms with Crippen molar-refractivity contribution >= 4 is 5.78 Å². The first kappa shape index (κ1) is 7.49. The van der Waals surface area contributed by atoms with Gasteiger partial charge in [-0.25, -0.2) is 4.98 Å². The molecule has 0 unspecified atom stereocenters. The zero-order valence-corrected chi connectivity index (χ0v) is 6.76. The highest BCUT2D eigenvalue weighted by molar-refractivity contribution is 5.46. The Morgan fingerprint density at radius 3 is 3.08 bits per heavy atom. The highest BCUT2D eigenvalue weighted by atomic mass is 16.3. The van der Waals surface area contributed by atoms with Crippen molar-refractivity contribution in [3.05, 3.63) is 17.6 Å². The smallest absolute Gasteiger partial charge is 0.255 e. The fraction of sp³-hybridized carbons (Fsp3) is 0.143.